The van der Waals surface area contributed by atoms with Crippen LogP contribution in [0.5, 0.6) is 0 Å². The highest BCUT2D eigenvalue weighted by Crippen LogP contribution is 2.34. The highest BCUT2D eigenvalue weighted by Gasteiger charge is 2.30. The number of nitrogens with zero attached hydrogens (tertiary/aromatic N) is 3. The molecule has 0 atom stereocenters. The zero-order valence-corrected chi connectivity index (χ0v) is 10.3. The molecule has 0 saturated carbocycles. The maximum Gasteiger partial charge on any atom is 0.416 e. The molecule has 0 aliphatic heterocycles. The van der Waals surface area contributed by atoms with Gasteiger partial charge in [-0.3, -0.25) is 0 Å². The first-order valence-electron chi connectivity index (χ1n) is 4.91. The van der Waals surface area contributed by atoms with E-state index in [9.17, 15) is 13.2 Å². The maximum atomic E-state index is 12.4. The van der Waals surface area contributed by atoms with Crippen molar-refractivity contribution >= 4 is 17.3 Å². The van der Waals surface area contributed by atoms with E-state index in [0.29, 0.717) is 6.07 Å². The van der Waals surface area contributed by atoms with Crippen LogP contribution in [-0.2, 0) is 6.18 Å². The van der Waals surface area contributed by atoms with Gasteiger partial charge in [-0.25, -0.2) is 0 Å². The molecular weight excluding hydrogens is 293 g/mol. The molecule has 1 N–H and O–H groups in total. The first-order valence-corrected chi connectivity index (χ1v) is 5.29. The number of benzene rings is 1. The van der Waals surface area contributed by atoms with Crippen molar-refractivity contribution in [3.05, 3.63) is 40.1 Å². The Bertz CT molecular complexity index is 671. The van der Waals surface area contributed by atoms with E-state index in [1.807, 2.05) is 0 Å². The second-order valence-corrected chi connectivity index (χ2v) is 3.81. The van der Waals surface area contributed by atoms with Gasteiger partial charge in [0.05, 0.1) is 16.3 Å². The molecule has 1 aromatic carbocycles. The predicted molar refractivity (Wildman–Crippen MR) is 63.9 cm³/mol. The van der Waals surface area contributed by atoms with Crippen LogP contribution < -0.4 is 5.32 Å². The number of halogens is 4. The maximum absolute atomic E-state index is 12.4. The standard InChI is InChI=1S/C12H4ClF3N4/c13-9-3-8(12(14,15)16)1-2-10(9)20-11(6-19)7(4-17)5-18/h1-3,20H. The van der Waals surface area contributed by atoms with Crippen molar-refractivity contribution in [1.29, 1.82) is 15.8 Å². The summed E-state index contributed by atoms with van der Waals surface area (Å²) in [4.78, 5) is 0. The van der Waals surface area contributed by atoms with Gasteiger partial charge in [0, 0.05) is 0 Å². The Hall–Kier alpha value is -2.69. The third-order valence-corrected chi connectivity index (χ3v) is 2.45. The van der Waals surface area contributed by atoms with Gasteiger partial charge < -0.3 is 5.32 Å². The molecule has 1 rings (SSSR count). The van der Waals surface area contributed by atoms with E-state index >= 15 is 0 Å². The molecule has 1 aromatic rings. The summed E-state index contributed by atoms with van der Waals surface area (Å²) < 4.78 is 37.3. The SMILES string of the molecule is N#CC(C#N)=C(C#N)Nc1ccc(C(F)(F)F)cc1Cl. The Kier molecular flexibility index (Phi) is 4.59. The molecule has 0 aliphatic rings. The third kappa shape index (κ3) is 3.41. The minimum Gasteiger partial charge on any atom is -0.344 e. The lowest BCUT2D eigenvalue weighted by Crippen LogP contribution is -2.06. The van der Waals surface area contributed by atoms with Crippen molar-refractivity contribution in [2.24, 2.45) is 0 Å². The van der Waals surface area contributed by atoms with Gasteiger partial charge in [0.15, 0.2) is 5.57 Å². The average molecular weight is 297 g/mol. The first kappa shape index (κ1) is 15.4. The molecule has 0 saturated heterocycles. The largest absolute Gasteiger partial charge is 0.416 e. The van der Waals surface area contributed by atoms with E-state index in [4.69, 9.17) is 27.4 Å². The Labute approximate surface area is 116 Å². The lowest BCUT2D eigenvalue weighted by molar-refractivity contribution is -0.137. The molecule has 0 unspecified atom stereocenters. The van der Waals surface area contributed by atoms with Crippen LogP contribution in [0.3, 0.4) is 0 Å². The second kappa shape index (κ2) is 5.97. The Morgan fingerprint density at radius 3 is 2.10 bits per heavy atom. The van der Waals surface area contributed by atoms with Gasteiger partial charge in [-0.1, -0.05) is 11.6 Å². The van der Waals surface area contributed by atoms with Crippen molar-refractivity contribution in [2.75, 3.05) is 5.32 Å². The molecule has 0 spiro atoms. The summed E-state index contributed by atoms with van der Waals surface area (Å²) in [7, 11) is 0. The van der Waals surface area contributed by atoms with Crippen LogP contribution in [0.1, 0.15) is 5.56 Å². The van der Waals surface area contributed by atoms with Crippen molar-refractivity contribution in [3.8, 4) is 18.2 Å². The van der Waals surface area contributed by atoms with Crippen molar-refractivity contribution in [2.45, 2.75) is 6.18 Å². The summed E-state index contributed by atoms with van der Waals surface area (Å²) in [5.74, 6) is 0. The van der Waals surface area contributed by atoms with Crippen LogP contribution >= 0.6 is 11.6 Å². The molecule has 0 aliphatic carbocycles. The predicted octanol–water partition coefficient (Wildman–Crippen LogP) is 3.60. The van der Waals surface area contributed by atoms with E-state index in [2.05, 4.69) is 5.32 Å². The summed E-state index contributed by atoms with van der Waals surface area (Å²) in [6, 6.07) is 7.00. The van der Waals surface area contributed by atoms with E-state index in [0.717, 1.165) is 12.1 Å². The highest BCUT2D eigenvalue weighted by molar-refractivity contribution is 6.33. The van der Waals surface area contributed by atoms with Crippen LogP contribution in [0.2, 0.25) is 5.02 Å². The minimum atomic E-state index is -4.54. The Balaban J connectivity index is 3.20. The number of rotatable bonds is 2. The van der Waals surface area contributed by atoms with Gasteiger partial charge in [-0.05, 0) is 18.2 Å². The van der Waals surface area contributed by atoms with Crippen LogP contribution in [0.4, 0.5) is 18.9 Å². The van der Waals surface area contributed by atoms with Gasteiger partial charge in [-0.2, -0.15) is 29.0 Å². The lowest BCUT2D eigenvalue weighted by atomic mass is 10.2. The fourth-order valence-electron chi connectivity index (χ4n) is 1.21. The number of alkyl halides is 3. The summed E-state index contributed by atoms with van der Waals surface area (Å²) in [6.07, 6.45) is -4.54. The number of anilines is 1. The topological polar surface area (TPSA) is 83.4 Å². The molecule has 0 amide bonds. The molecule has 0 bridgehead atoms. The second-order valence-electron chi connectivity index (χ2n) is 3.40. The zero-order valence-electron chi connectivity index (χ0n) is 9.59. The van der Waals surface area contributed by atoms with E-state index in [1.165, 1.54) is 12.1 Å². The lowest BCUT2D eigenvalue weighted by Gasteiger charge is -2.11. The summed E-state index contributed by atoms with van der Waals surface area (Å²) in [6.45, 7) is 0. The number of allylic oxidation sites excluding steroid dienone is 2. The van der Waals surface area contributed by atoms with Crippen LogP contribution in [0.15, 0.2) is 29.5 Å². The van der Waals surface area contributed by atoms with Crippen LogP contribution in [-0.4, -0.2) is 0 Å². The fourth-order valence-corrected chi connectivity index (χ4v) is 1.44. The van der Waals surface area contributed by atoms with Crippen molar-refractivity contribution in [1.82, 2.24) is 0 Å². The summed E-state index contributed by atoms with van der Waals surface area (Å²) >= 11 is 5.67. The first-order chi connectivity index (χ1) is 9.33. The van der Waals surface area contributed by atoms with Gasteiger partial charge in [0.2, 0.25) is 0 Å². The Morgan fingerprint density at radius 2 is 1.70 bits per heavy atom. The summed E-state index contributed by atoms with van der Waals surface area (Å²) in [5.41, 5.74) is -1.85. The molecule has 0 fully saturated rings. The summed E-state index contributed by atoms with van der Waals surface area (Å²) in [5, 5.41) is 28.1. The number of nitrogens with one attached hydrogen (secondary N) is 1. The molecule has 0 radical (unpaired) electrons. The van der Waals surface area contributed by atoms with E-state index in [1.54, 1.807) is 6.07 Å². The van der Waals surface area contributed by atoms with Crippen LogP contribution in [0.25, 0.3) is 0 Å². The molecule has 4 nitrogen and oxygen atoms in total. The monoisotopic (exact) mass is 296 g/mol. The molecule has 8 heteroatoms. The highest BCUT2D eigenvalue weighted by atomic mass is 35.5. The van der Waals surface area contributed by atoms with Gasteiger partial charge >= 0.3 is 6.18 Å². The van der Waals surface area contributed by atoms with Crippen LogP contribution in [0, 0.1) is 34.0 Å². The number of hydrogen-bond acceptors (Lipinski definition) is 4. The van der Waals surface area contributed by atoms with Gasteiger partial charge in [-0.15, -0.1) is 0 Å². The molecular formula is C12H4ClF3N4. The molecule has 20 heavy (non-hydrogen) atoms. The number of nitriles is 3. The normalized spacial score (nSPS) is 9.85. The Morgan fingerprint density at radius 1 is 1.10 bits per heavy atom. The van der Waals surface area contributed by atoms with E-state index < -0.39 is 23.0 Å². The number of hydrogen-bond donors (Lipinski definition) is 1. The minimum absolute atomic E-state index is 0.0146. The van der Waals surface area contributed by atoms with Crippen molar-refractivity contribution < 1.29 is 13.2 Å². The zero-order chi connectivity index (χ0) is 15.3. The van der Waals surface area contributed by atoms with Crippen molar-refractivity contribution in [3.63, 3.8) is 0 Å². The molecule has 0 aromatic heterocycles. The van der Waals surface area contributed by atoms with Gasteiger partial charge in [0.25, 0.3) is 0 Å². The average Bonchev–Trinajstić information content (AvgIpc) is 2.39. The van der Waals surface area contributed by atoms with E-state index in [-0.39, 0.29) is 10.7 Å². The molecule has 0 heterocycles. The van der Waals surface area contributed by atoms with Gasteiger partial charge in [0.1, 0.15) is 23.9 Å². The quantitative estimate of drug-likeness (QED) is 0.845. The fraction of sp³-hybridized carbons (Fsp3) is 0.0833. The smallest absolute Gasteiger partial charge is 0.344 e. The molecule has 100 valence electrons. The third-order valence-electron chi connectivity index (χ3n) is 2.14.